The summed E-state index contributed by atoms with van der Waals surface area (Å²) in [5, 5.41) is 0.976. The zero-order valence-electron chi connectivity index (χ0n) is 12.7. The third kappa shape index (κ3) is 3.23. The third-order valence-electron chi connectivity index (χ3n) is 3.67. The number of anilines is 1. The van der Waals surface area contributed by atoms with Crippen molar-refractivity contribution in [1.29, 1.82) is 0 Å². The zero-order valence-corrected chi connectivity index (χ0v) is 14.2. The molecule has 1 aromatic heterocycles. The second kappa shape index (κ2) is 6.30. The molecule has 2 aromatic rings. The molecule has 4 nitrogen and oxygen atoms in total. The van der Waals surface area contributed by atoms with E-state index in [-0.39, 0.29) is 12.2 Å². The highest BCUT2D eigenvalue weighted by atomic mass is 35.5. The minimum absolute atomic E-state index is 0.232. The number of halogens is 2. The van der Waals surface area contributed by atoms with Crippen molar-refractivity contribution in [1.82, 2.24) is 0 Å². The van der Waals surface area contributed by atoms with E-state index in [0.717, 1.165) is 11.3 Å². The van der Waals surface area contributed by atoms with E-state index >= 15 is 0 Å². The van der Waals surface area contributed by atoms with Crippen LogP contribution in [0.25, 0.3) is 5.57 Å². The molecule has 23 heavy (non-hydrogen) atoms. The molecular formula is C17H15Cl2NO3. The van der Waals surface area contributed by atoms with Gasteiger partial charge >= 0.3 is 5.63 Å². The summed E-state index contributed by atoms with van der Waals surface area (Å²) in [6.45, 7) is 2.69. The SMILES string of the molecule is Cc1cc2c(c(=O)o1)C(COc1ccc(Cl)cc1Cl)=CCN2C. The van der Waals surface area contributed by atoms with Crippen molar-refractivity contribution in [2.45, 2.75) is 6.92 Å². The molecule has 0 spiro atoms. The van der Waals surface area contributed by atoms with Gasteiger partial charge in [0.05, 0.1) is 16.3 Å². The Bertz CT molecular complexity index is 842. The van der Waals surface area contributed by atoms with Gasteiger partial charge in [-0.2, -0.15) is 0 Å². The van der Waals surface area contributed by atoms with Gasteiger partial charge in [-0.1, -0.05) is 29.3 Å². The number of rotatable bonds is 3. The maximum Gasteiger partial charge on any atom is 0.345 e. The molecule has 0 radical (unpaired) electrons. The average Bonchev–Trinajstić information content (AvgIpc) is 2.48. The predicted molar refractivity (Wildman–Crippen MR) is 92.9 cm³/mol. The zero-order chi connectivity index (χ0) is 16.6. The Labute approximate surface area is 143 Å². The number of ether oxygens (including phenoxy) is 1. The summed E-state index contributed by atoms with van der Waals surface area (Å²) in [6, 6.07) is 6.89. The fourth-order valence-electron chi connectivity index (χ4n) is 2.52. The van der Waals surface area contributed by atoms with E-state index in [1.54, 1.807) is 25.1 Å². The summed E-state index contributed by atoms with van der Waals surface area (Å²) >= 11 is 12.0. The smallest absolute Gasteiger partial charge is 0.345 e. The van der Waals surface area contributed by atoms with E-state index < -0.39 is 0 Å². The molecule has 0 fully saturated rings. The van der Waals surface area contributed by atoms with Crippen LogP contribution in [-0.4, -0.2) is 20.2 Å². The molecule has 0 saturated carbocycles. The van der Waals surface area contributed by atoms with Crippen LogP contribution in [0.1, 0.15) is 11.3 Å². The Kier molecular flexibility index (Phi) is 4.37. The molecule has 6 heteroatoms. The van der Waals surface area contributed by atoms with Gasteiger partial charge < -0.3 is 14.1 Å². The van der Waals surface area contributed by atoms with Crippen molar-refractivity contribution in [2.75, 3.05) is 25.1 Å². The minimum atomic E-state index is -0.358. The Morgan fingerprint density at radius 3 is 2.83 bits per heavy atom. The highest BCUT2D eigenvalue weighted by Crippen LogP contribution is 2.31. The van der Waals surface area contributed by atoms with Crippen LogP contribution in [0.5, 0.6) is 5.75 Å². The minimum Gasteiger partial charge on any atom is -0.487 e. The van der Waals surface area contributed by atoms with Crippen molar-refractivity contribution in [3.05, 3.63) is 62.1 Å². The average molecular weight is 352 g/mol. The topological polar surface area (TPSA) is 42.7 Å². The van der Waals surface area contributed by atoms with Gasteiger partial charge in [0.15, 0.2) is 0 Å². The number of hydrogen-bond acceptors (Lipinski definition) is 4. The molecule has 1 aromatic carbocycles. The van der Waals surface area contributed by atoms with E-state index in [0.29, 0.717) is 33.7 Å². The molecule has 0 N–H and O–H groups in total. The first-order chi connectivity index (χ1) is 11.0. The number of aryl methyl sites for hydroxylation is 1. The van der Waals surface area contributed by atoms with E-state index in [9.17, 15) is 4.79 Å². The molecule has 0 bridgehead atoms. The van der Waals surface area contributed by atoms with Gasteiger partial charge in [0.2, 0.25) is 0 Å². The molecule has 0 amide bonds. The standard InChI is InChI=1S/C17H15Cl2NO3/c1-10-7-14-16(17(21)23-10)11(5-6-20(14)2)9-22-15-4-3-12(18)8-13(15)19/h3-5,7-8H,6,9H2,1-2H3. The van der Waals surface area contributed by atoms with Crippen molar-refractivity contribution in [2.24, 2.45) is 0 Å². The summed E-state index contributed by atoms with van der Waals surface area (Å²) in [7, 11) is 1.93. The first kappa shape index (κ1) is 16.0. The lowest BCUT2D eigenvalue weighted by Gasteiger charge is -2.26. The van der Waals surface area contributed by atoms with E-state index in [1.807, 2.05) is 24.1 Å². The molecule has 1 aliphatic heterocycles. The van der Waals surface area contributed by atoms with Crippen molar-refractivity contribution in [3.63, 3.8) is 0 Å². The number of hydrogen-bond donors (Lipinski definition) is 0. The number of nitrogens with zero attached hydrogens (tertiary/aromatic N) is 1. The first-order valence-corrected chi connectivity index (χ1v) is 7.84. The van der Waals surface area contributed by atoms with Crippen LogP contribution in [0, 0.1) is 6.92 Å². The van der Waals surface area contributed by atoms with Crippen LogP contribution in [-0.2, 0) is 0 Å². The second-order valence-electron chi connectivity index (χ2n) is 5.38. The van der Waals surface area contributed by atoms with Gasteiger partial charge in [-0.3, -0.25) is 0 Å². The lowest BCUT2D eigenvalue weighted by Crippen LogP contribution is -2.27. The highest BCUT2D eigenvalue weighted by Gasteiger charge is 2.22. The molecular weight excluding hydrogens is 337 g/mol. The van der Waals surface area contributed by atoms with Crippen molar-refractivity contribution in [3.8, 4) is 5.75 Å². The number of benzene rings is 1. The molecule has 1 aliphatic rings. The van der Waals surface area contributed by atoms with Crippen LogP contribution >= 0.6 is 23.2 Å². The summed E-state index contributed by atoms with van der Waals surface area (Å²) in [5.41, 5.74) is 1.82. The predicted octanol–water partition coefficient (Wildman–Crippen LogP) is 4.17. The second-order valence-corrected chi connectivity index (χ2v) is 6.22. The quantitative estimate of drug-likeness (QED) is 0.832. The summed E-state index contributed by atoms with van der Waals surface area (Å²) in [6.07, 6.45) is 1.96. The molecule has 0 saturated heterocycles. The first-order valence-electron chi connectivity index (χ1n) is 7.09. The molecule has 0 unspecified atom stereocenters. The van der Waals surface area contributed by atoms with Crippen molar-refractivity contribution < 1.29 is 9.15 Å². The van der Waals surface area contributed by atoms with E-state index in [4.69, 9.17) is 32.4 Å². The molecule has 3 rings (SSSR count). The molecule has 2 heterocycles. The van der Waals surface area contributed by atoms with E-state index in [2.05, 4.69) is 0 Å². The van der Waals surface area contributed by atoms with Crippen LogP contribution < -0.4 is 15.3 Å². The summed E-state index contributed by atoms with van der Waals surface area (Å²) in [4.78, 5) is 14.2. The fraction of sp³-hybridized carbons (Fsp3) is 0.235. The Balaban J connectivity index is 1.89. The largest absolute Gasteiger partial charge is 0.487 e. The van der Waals surface area contributed by atoms with Crippen molar-refractivity contribution >= 4 is 34.5 Å². The monoisotopic (exact) mass is 351 g/mol. The van der Waals surface area contributed by atoms with Crippen LogP contribution in [0.4, 0.5) is 5.69 Å². The maximum atomic E-state index is 12.2. The molecule has 0 aliphatic carbocycles. The Morgan fingerprint density at radius 1 is 1.30 bits per heavy atom. The lowest BCUT2D eigenvalue weighted by molar-refractivity contribution is 0.368. The van der Waals surface area contributed by atoms with Crippen LogP contribution in [0.3, 0.4) is 0 Å². The van der Waals surface area contributed by atoms with Gasteiger partial charge in [0.25, 0.3) is 0 Å². The molecule has 120 valence electrons. The third-order valence-corrected chi connectivity index (χ3v) is 4.21. The molecule has 0 atom stereocenters. The normalized spacial score (nSPS) is 13.6. The summed E-state index contributed by atoms with van der Waals surface area (Å²) in [5.74, 6) is 1.11. The Hall–Kier alpha value is -1.91. The van der Waals surface area contributed by atoms with E-state index in [1.165, 1.54) is 0 Å². The van der Waals surface area contributed by atoms with Crippen LogP contribution in [0.2, 0.25) is 10.0 Å². The summed E-state index contributed by atoms with van der Waals surface area (Å²) < 4.78 is 11.0. The van der Waals surface area contributed by atoms with Gasteiger partial charge in [0.1, 0.15) is 18.1 Å². The highest BCUT2D eigenvalue weighted by molar-refractivity contribution is 6.35. The van der Waals surface area contributed by atoms with Gasteiger partial charge in [0, 0.05) is 30.3 Å². The van der Waals surface area contributed by atoms with Crippen LogP contribution in [0.15, 0.2) is 39.6 Å². The fourth-order valence-corrected chi connectivity index (χ4v) is 2.98. The maximum absolute atomic E-state index is 12.2. The Morgan fingerprint density at radius 2 is 2.09 bits per heavy atom. The van der Waals surface area contributed by atoms with Gasteiger partial charge in [-0.15, -0.1) is 0 Å². The number of likely N-dealkylation sites (N-methyl/N-ethyl adjacent to an activating group) is 1. The van der Waals surface area contributed by atoms with Gasteiger partial charge in [-0.05, 0) is 25.1 Å². The van der Waals surface area contributed by atoms with Gasteiger partial charge in [-0.25, -0.2) is 4.79 Å². The number of fused-ring (bicyclic) bond motifs is 1. The lowest BCUT2D eigenvalue weighted by atomic mass is 10.0.